The molecule has 7 nitrogen and oxygen atoms in total. The number of aromatic nitrogens is 4. The van der Waals surface area contributed by atoms with Gasteiger partial charge in [0.05, 0.1) is 28.8 Å². The molecule has 0 radical (unpaired) electrons. The smallest absolute Gasteiger partial charge is 0.141 e. The maximum Gasteiger partial charge on any atom is 0.141 e. The lowest BCUT2D eigenvalue weighted by molar-refractivity contribution is 0.489. The number of halogens is 1. The van der Waals surface area contributed by atoms with E-state index >= 15 is 0 Å². The van der Waals surface area contributed by atoms with Crippen LogP contribution in [0.25, 0.3) is 33.2 Å². The van der Waals surface area contributed by atoms with Crippen LogP contribution in [0, 0.1) is 11.7 Å². The summed E-state index contributed by atoms with van der Waals surface area (Å²) in [6.07, 6.45) is 12.5. The Hall–Kier alpha value is -4.30. The summed E-state index contributed by atoms with van der Waals surface area (Å²) in [6, 6.07) is 15.2. The molecule has 1 unspecified atom stereocenters. The molecule has 0 amide bonds. The number of H-pyrrole nitrogens is 1. The van der Waals surface area contributed by atoms with Gasteiger partial charge in [0.25, 0.3) is 0 Å². The molecule has 2 aromatic carbocycles. The molecule has 0 saturated heterocycles. The van der Waals surface area contributed by atoms with Crippen LogP contribution in [0.4, 0.5) is 15.8 Å². The zero-order valence-electron chi connectivity index (χ0n) is 21.5. The molecule has 4 heterocycles. The number of rotatable bonds is 7. The van der Waals surface area contributed by atoms with Crippen LogP contribution < -0.4 is 16.0 Å². The number of anilines is 2. The molecule has 1 aliphatic carbocycles. The monoisotopic (exact) mass is 519 g/mol. The van der Waals surface area contributed by atoms with Crippen LogP contribution in [0.5, 0.6) is 0 Å². The minimum atomic E-state index is -0.279. The third-order valence-electron chi connectivity index (χ3n) is 7.94. The second-order valence-corrected chi connectivity index (χ2v) is 10.5. The molecule has 1 fully saturated rings. The summed E-state index contributed by atoms with van der Waals surface area (Å²) in [5.74, 6) is 0.532. The van der Waals surface area contributed by atoms with Crippen LogP contribution in [0.15, 0.2) is 73.3 Å². The first-order chi connectivity index (χ1) is 19.2. The molecule has 2 aliphatic rings. The SMILES string of the molecule is Fc1ccccc1-c1cncc2c1NC(c1[nH]nc3ccc(-c4cncc(CNCC5CCCC5)c4)cc13)N2. The number of hydrogen-bond acceptors (Lipinski definition) is 6. The van der Waals surface area contributed by atoms with Crippen molar-refractivity contribution < 1.29 is 4.39 Å². The highest BCUT2D eigenvalue weighted by atomic mass is 19.1. The van der Waals surface area contributed by atoms with Gasteiger partial charge in [0.1, 0.15) is 12.0 Å². The molecule has 1 saturated carbocycles. The molecule has 196 valence electrons. The van der Waals surface area contributed by atoms with Crippen molar-refractivity contribution in [2.75, 3.05) is 17.2 Å². The molecule has 1 aliphatic heterocycles. The van der Waals surface area contributed by atoms with Crippen molar-refractivity contribution in [3.8, 4) is 22.3 Å². The summed E-state index contributed by atoms with van der Waals surface area (Å²) in [7, 11) is 0. The molecule has 1 atom stereocenters. The van der Waals surface area contributed by atoms with Gasteiger partial charge in [0.15, 0.2) is 0 Å². The highest BCUT2D eigenvalue weighted by Crippen LogP contribution is 2.43. The zero-order valence-corrected chi connectivity index (χ0v) is 21.5. The van der Waals surface area contributed by atoms with Crippen molar-refractivity contribution in [2.45, 2.75) is 38.4 Å². The van der Waals surface area contributed by atoms with Gasteiger partial charge in [-0.3, -0.25) is 15.1 Å². The largest absolute Gasteiger partial charge is 0.358 e. The Morgan fingerprint density at radius 3 is 2.64 bits per heavy atom. The lowest BCUT2D eigenvalue weighted by atomic mass is 10.0. The van der Waals surface area contributed by atoms with Gasteiger partial charge in [-0.25, -0.2) is 4.39 Å². The maximum atomic E-state index is 14.6. The van der Waals surface area contributed by atoms with Crippen LogP contribution in [0.1, 0.15) is 43.1 Å². The third-order valence-corrected chi connectivity index (χ3v) is 7.94. The highest BCUT2D eigenvalue weighted by Gasteiger charge is 2.28. The van der Waals surface area contributed by atoms with Crippen LogP contribution in [-0.4, -0.2) is 26.7 Å². The van der Waals surface area contributed by atoms with Gasteiger partial charge in [-0.1, -0.05) is 37.1 Å². The Morgan fingerprint density at radius 1 is 0.872 bits per heavy atom. The number of fused-ring (bicyclic) bond motifs is 2. The van der Waals surface area contributed by atoms with Crippen molar-refractivity contribution in [2.24, 2.45) is 5.92 Å². The Labute approximate surface area is 226 Å². The summed E-state index contributed by atoms with van der Waals surface area (Å²) in [5.41, 5.74) is 8.00. The summed E-state index contributed by atoms with van der Waals surface area (Å²) in [4.78, 5) is 8.88. The molecular formula is C31H30FN7. The normalized spacial score (nSPS) is 16.8. The van der Waals surface area contributed by atoms with E-state index in [2.05, 4.69) is 54.3 Å². The van der Waals surface area contributed by atoms with E-state index in [9.17, 15) is 4.39 Å². The number of pyridine rings is 2. The third kappa shape index (κ3) is 4.61. The molecule has 3 aromatic heterocycles. The maximum absolute atomic E-state index is 14.6. The molecule has 5 aromatic rings. The van der Waals surface area contributed by atoms with Crippen LogP contribution in [0.2, 0.25) is 0 Å². The minimum absolute atomic E-state index is 0.265. The van der Waals surface area contributed by atoms with E-state index in [4.69, 9.17) is 0 Å². The average Bonchev–Trinajstić information content (AvgIpc) is 3.73. The van der Waals surface area contributed by atoms with E-state index < -0.39 is 0 Å². The second kappa shape index (κ2) is 10.1. The van der Waals surface area contributed by atoms with Gasteiger partial charge in [0, 0.05) is 47.2 Å². The first kappa shape index (κ1) is 23.8. The highest BCUT2D eigenvalue weighted by molar-refractivity contribution is 5.92. The van der Waals surface area contributed by atoms with Gasteiger partial charge in [-0.2, -0.15) is 5.10 Å². The summed E-state index contributed by atoms with van der Waals surface area (Å²) in [5, 5.41) is 19.4. The van der Waals surface area contributed by atoms with Gasteiger partial charge in [-0.15, -0.1) is 0 Å². The lowest BCUT2D eigenvalue weighted by Crippen LogP contribution is -2.20. The van der Waals surface area contributed by atoms with Crippen LogP contribution >= 0.6 is 0 Å². The van der Waals surface area contributed by atoms with Gasteiger partial charge in [0.2, 0.25) is 0 Å². The zero-order chi connectivity index (χ0) is 26.2. The molecule has 39 heavy (non-hydrogen) atoms. The summed E-state index contributed by atoms with van der Waals surface area (Å²) in [6.45, 7) is 1.90. The van der Waals surface area contributed by atoms with Crippen LogP contribution in [-0.2, 0) is 6.54 Å². The molecule has 8 heteroatoms. The predicted molar refractivity (Wildman–Crippen MR) is 153 cm³/mol. The topological polar surface area (TPSA) is 90.6 Å². The van der Waals surface area contributed by atoms with E-state index in [0.29, 0.717) is 5.56 Å². The number of benzene rings is 2. The van der Waals surface area contributed by atoms with Crippen LogP contribution in [0.3, 0.4) is 0 Å². The second-order valence-electron chi connectivity index (χ2n) is 10.5. The Kier molecular flexibility index (Phi) is 6.17. The van der Waals surface area contributed by atoms with Gasteiger partial charge >= 0.3 is 0 Å². The number of hydrogen-bond donors (Lipinski definition) is 4. The van der Waals surface area contributed by atoms with Gasteiger partial charge < -0.3 is 16.0 Å². The number of nitrogens with zero attached hydrogens (tertiary/aromatic N) is 3. The van der Waals surface area contributed by atoms with Crippen molar-refractivity contribution in [3.05, 3.63) is 90.4 Å². The predicted octanol–water partition coefficient (Wildman–Crippen LogP) is 6.64. The van der Waals surface area contributed by atoms with E-state index in [0.717, 1.165) is 63.7 Å². The fraction of sp³-hybridized carbons (Fsp3) is 0.258. The van der Waals surface area contributed by atoms with E-state index in [1.165, 1.54) is 37.3 Å². The quantitative estimate of drug-likeness (QED) is 0.193. The van der Waals surface area contributed by atoms with E-state index in [1.54, 1.807) is 24.5 Å². The summed E-state index contributed by atoms with van der Waals surface area (Å²) >= 11 is 0. The lowest BCUT2D eigenvalue weighted by Gasteiger charge is -2.13. The first-order valence-corrected chi connectivity index (χ1v) is 13.6. The van der Waals surface area contributed by atoms with E-state index in [1.807, 2.05) is 24.5 Å². The van der Waals surface area contributed by atoms with Crippen molar-refractivity contribution >= 4 is 22.3 Å². The Balaban J connectivity index is 1.14. The molecule has 0 bridgehead atoms. The first-order valence-electron chi connectivity index (χ1n) is 13.6. The molecule has 7 rings (SSSR count). The van der Waals surface area contributed by atoms with Crippen molar-refractivity contribution in [3.63, 3.8) is 0 Å². The summed E-state index contributed by atoms with van der Waals surface area (Å²) < 4.78 is 14.6. The average molecular weight is 520 g/mol. The number of nitrogens with one attached hydrogen (secondary N) is 4. The standard InChI is InChI=1S/C31H30FN7/c32-26-8-4-3-7-23(26)25-17-35-18-28-29(25)37-31(36-28)30-24-12-21(9-10-27(24)38-39-30)22-11-20(15-34-16-22)14-33-13-19-5-1-2-6-19/h3-4,7-12,15-19,31,33,36-37H,1-2,5-6,13-14H2,(H,38,39). The van der Waals surface area contributed by atoms with E-state index in [-0.39, 0.29) is 12.0 Å². The molecule has 4 N–H and O–H groups in total. The Bertz CT molecular complexity index is 1640. The molecular weight excluding hydrogens is 489 g/mol. The Morgan fingerprint density at radius 2 is 1.74 bits per heavy atom. The van der Waals surface area contributed by atoms with Crippen molar-refractivity contribution in [1.29, 1.82) is 0 Å². The molecule has 0 spiro atoms. The fourth-order valence-corrected chi connectivity index (χ4v) is 5.90. The minimum Gasteiger partial charge on any atom is -0.358 e. The fourth-order valence-electron chi connectivity index (χ4n) is 5.90. The van der Waals surface area contributed by atoms with Crippen molar-refractivity contribution in [1.82, 2.24) is 25.5 Å². The number of aromatic amines is 1. The van der Waals surface area contributed by atoms with Gasteiger partial charge in [-0.05, 0) is 60.7 Å².